The summed E-state index contributed by atoms with van der Waals surface area (Å²) in [5.41, 5.74) is 0. The average Bonchev–Trinajstić information content (AvgIpc) is 2.74. The molecule has 0 saturated carbocycles. The lowest BCUT2D eigenvalue weighted by molar-refractivity contribution is -0.189. The second-order valence-electron chi connectivity index (χ2n) is 5.80. The first-order valence-corrected chi connectivity index (χ1v) is 9.97. The van der Waals surface area contributed by atoms with Crippen molar-refractivity contribution in [1.29, 1.82) is 0 Å². The Hall–Kier alpha value is -2.97. The van der Waals surface area contributed by atoms with Gasteiger partial charge in [-0.3, -0.25) is 0 Å². The van der Waals surface area contributed by atoms with Gasteiger partial charge in [0.2, 0.25) is 0 Å². The second kappa shape index (κ2) is 12.0. The summed E-state index contributed by atoms with van der Waals surface area (Å²) in [7, 11) is 0. The second-order valence-corrected chi connectivity index (χ2v) is 6.67. The van der Waals surface area contributed by atoms with E-state index in [9.17, 15) is 14.4 Å². The summed E-state index contributed by atoms with van der Waals surface area (Å²) in [6, 6.07) is 12.2. The maximum absolute atomic E-state index is 12.8. The SMILES string of the molecule is CCOC(=O)C(OC(=O)C(Oc1ccc(Cl)cc1)Oc1ccc(Cl)cc1)C(=O)OCC. The van der Waals surface area contributed by atoms with Crippen LogP contribution in [0.3, 0.4) is 0 Å². The van der Waals surface area contributed by atoms with E-state index in [4.69, 9.17) is 46.9 Å². The Kier molecular flexibility index (Phi) is 9.42. The highest BCUT2D eigenvalue weighted by molar-refractivity contribution is 6.30. The van der Waals surface area contributed by atoms with Gasteiger partial charge < -0.3 is 23.7 Å². The highest BCUT2D eigenvalue weighted by Gasteiger charge is 2.37. The molecule has 2 aromatic carbocycles. The predicted molar refractivity (Wildman–Crippen MR) is 111 cm³/mol. The Morgan fingerprint density at radius 3 is 1.45 bits per heavy atom. The fraction of sp³-hybridized carbons (Fsp3) is 0.286. The van der Waals surface area contributed by atoms with Gasteiger partial charge in [-0.1, -0.05) is 23.2 Å². The maximum Gasteiger partial charge on any atom is 0.390 e. The Balaban J connectivity index is 2.25. The molecule has 0 unspecified atom stereocenters. The third-order valence-corrected chi connectivity index (χ3v) is 4.05. The van der Waals surface area contributed by atoms with Crippen LogP contribution in [-0.4, -0.2) is 43.5 Å². The Morgan fingerprint density at radius 2 is 1.10 bits per heavy atom. The van der Waals surface area contributed by atoms with Crippen molar-refractivity contribution in [2.45, 2.75) is 26.2 Å². The van der Waals surface area contributed by atoms with Gasteiger partial charge in [0.25, 0.3) is 6.10 Å². The first-order valence-electron chi connectivity index (χ1n) is 9.22. The van der Waals surface area contributed by atoms with Crippen molar-refractivity contribution < 1.29 is 38.1 Å². The van der Waals surface area contributed by atoms with Crippen LogP contribution in [0.4, 0.5) is 0 Å². The van der Waals surface area contributed by atoms with Gasteiger partial charge in [-0.15, -0.1) is 0 Å². The lowest BCUT2D eigenvalue weighted by Gasteiger charge is -2.21. The first kappa shape index (κ1) is 24.3. The Morgan fingerprint density at radius 1 is 0.710 bits per heavy atom. The maximum atomic E-state index is 12.8. The molecule has 31 heavy (non-hydrogen) atoms. The molecule has 0 bridgehead atoms. The van der Waals surface area contributed by atoms with Crippen molar-refractivity contribution in [2.75, 3.05) is 13.2 Å². The molecule has 2 aromatic rings. The zero-order valence-corrected chi connectivity index (χ0v) is 18.2. The molecule has 0 radical (unpaired) electrons. The number of rotatable bonds is 10. The van der Waals surface area contributed by atoms with Crippen LogP contribution in [0.25, 0.3) is 0 Å². The van der Waals surface area contributed by atoms with E-state index >= 15 is 0 Å². The molecule has 0 aliphatic rings. The van der Waals surface area contributed by atoms with E-state index in [0.29, 0.717) is 10.0 Å². The molecule has 10 heteroatoms. The predicted octanol–water partition coefficient (Wildman–Crippen LogP) is 3.82. The van der Waals surface area contributed by atoms with Crippen molar-refractivity contribution in [3.05, 3.63) is 58.6 Å². The van der Waals surface area contributed by atoms with Gasteiger partial charge in [-0.2, -0.15) is 0 Å². The van der Waals surface area contributed by atoms with Crippen LogP contribution in [0, 0.1) is 0 Å². The molecule has 2 rings (SSSR count). The molecule has 0 amide bonds. The smallest absolute Gasteiger partial charge is 0.390 e. The van der Waals surface area contributed by atoms with E-state index in [1.54, 1.807) is 24.3 Å². The number of benzene rings is 2. The van der Waals surface area contributed by atoms with Crippen LogP contribution in [-0.2, 0) is 28.6 Å². The van der Waals surface area contributed by atoms with E-state index in [1.165, 1.54) is 38.1 Å². The van der Waals surface area contributed by atoms with Crippen molar-refractivity contribution in [1.82, 2.24) is 0 Å². The monoisotopic (exact) mass is 470 g/mol. The van der Waals surface area contributed by atoms with Crippen LogP contribution < -0.4 is 9.47 Å². The normalized spacial score (nSPS) is 10.5. The molecule has 8 nitrogen and oxygen atoms in total. The van der Waals surface area contributed by atoms with Crippen molar-refractivity contribution in [3.63, 3.8) is 0 Å². The van der Waals surface area contributed by atoms with Crippen LogP contribution >= 0.6 is 23.2 Å². The summed E-state index contributed by atoms with van der Waals surface area (Å²) >= 11 is 11.7. The molecule has 0 spiro atoms. The van der Waals surface area contributed by atoms with Crippen molar-refractivity contribution >= 4 is 41.1 Å². The fourth-order valence-corrected chi connectivity index (χ4v) is 2.45. The van der Waals surface area contributed by atoms with Gasteiger partial charge in [0.05, 0.1) is 13.2 Å². The van der Waals surface area contributed by atoms with Gasteiger partial charge in [-0.25, -0.2) is 14.4 Å². The van der Waals surface area contributed by atoms with Crippen LogP contribution in [0.5, 0.6) is 11.5 Å². The lowest BCUT2D eigenvalue weighted by atomic mass is 10.3. The van der Waals surface area contributed by atoms with E-state index in [-0.39, 0.29) is 24.7 Å². The zero-order chi connectivity index (χ0) is 22.8. The van der Waals surface area contributed by atoms with E-state index in [1.807, 2.05) is 0 Å². The topological polar surface area (TPSA) is 97.4 Å². The largest absolute Gasteiger partial charge is 0.463 e. The average molecular weight is 471 g/mol. The van der Waals surface area contributed by atoms with Gasteiger partial charge in [0, 0.05) is 10.0 Å². The van der Waals surface area contributed by atoms with Crippen LogP contribution in [0.15, 0.2) is 48.5 Å². The Labute approximate surface area is 188 Å². The molecule has 0 atom stereocenters. The van der Waals surface area contributed by atoms with Crippen LogP contribution in [0.2, 0.25) is 10.0 Å². The number of carbonyl (C=O) groups is 3. The molecule has 0 aliphatic heterocycles. The molecule has 0 saturated heterocycles. The zero-order valence-electron chi connectivity index (χ0n) is 16.7. The summed E-state index contributed by atoms with van der Waals surface area (Å²) in [6.45, 7) is 3.02. The fourth-order valence-electron chi connectivity index (χ4n) is 2.19. The van der Waals surface area contributed by atoms with E-state index < -0.39 is 30.3 Å². The molecule has 166 valence electrons. The summed E-state index contributed by atoms with van der Waals surface area (Å²) in [4.78, 5) is 37.0. The number of esters is 3. The van der Waals surface area contributed by atoms with Crippen molar-refractivity contribution in [2.24, 2.45) is 0 Å². The molecular weight excluding hydrogens is 451 g/mol. The van der Waals surface area contributed by atoms with Crippen LogP contribution in [0.1, 0.15) is 13.8 Å². The summed E-state index contributed by atoms with van der Waals surface area (Å²) in [6.07, 6.45) is -3.61. The summed E-state index contributed by atoms with van der Waals surface area (Å²) in [5, 5.41) is 0.907. The van der Waals surface area contributed by atoms with E-state index in [0.717, 1.165) is 0 Å². The molecule has 0 fully saturated rings. The van der Waals surface area contributed by atoms with Gasteiger partial charge in [0.15, 0.2) is 0 Å². The number of halogens is 2. The minimum Gasteiger partial charge on any atom is -0.463 e. The van der Waals surface area contributed by atoms with Gasteiger partial charge in [0.1, 0.15) is 11.5 Å². The van der Waals surface area contributed by atoms with Crippen molar-refractivity contribution in [3.8, 4) is 11.5 Å². The lowest BCUT2D eigenvalue weighted by Crippen LogP contribution is -2.43. The highest BCUT2D eigenvalue weighted by atomic mass is 35.5. The highest BCUT2D eigenvalue weighted by Crippen LogP contribution is 2.21. The number of ether oxygens (including phenoxy) is 5. The third kappa shape index (κ3) is 7.66. The number of carbonyl (C=O) groups excluding carboxylic acids is 3. The molecule has 0 aromatic heterocycles. The first-order chi connectivity index (χ1) is 14.8. The standard InChI is InChI=1S/C21H20Cl2O8/c1-3-27-18(24)17(19(25)28-4-2)31-20(26)21(29-15-9-5-13(22)6-10-15)30-16-11-7-14(23)8-12-16/h5-12,17,21H,3-4H2,1-2H3. The van der Waals surface area contributed by atoms with Gasteiger partial charge in [-0.05, 0) is 62.4 Å². The van der Waals surface area contributed by atoms with Gasteiger partial charge >= 0.3 is 24.2 Å². The minimum atomic E-state index is -1.93. The quantitative estimate of drug-likeness (QED) is 0.223. The van der Waals surface area contributed by atoms with E-state index in [2.05, 4.69) is 0 Å². The number of hydrogen-bond donors (Lipinski definition) is 0. The molecule has 0 aliphatic carbocycles. The summed E-state index contributed by atoms with van der Waals surface area (Å²) in [5.74, 6) is -2.86. The molecule has 0 N–H and O–H groups in total. The number of hydrogen-bond acceptors (Lipinski definition) is 8. The minimum absolute atomic E-state index is 0.0295. The summed E-state index contributed by atoms with van der Waals surface area (Å²) < 4.78 is 25.7. The molecular formula is C21H20Cl2O8. The molecule has 0 heterocycles. The third-order valence-electron chi connectivity index (χ3n) is 3.54. The Bertz CT molecular complexity index is 818.